The summed E-state index contributed by atoms with van der Waals surface area (Å²) in [5, 5.41) is 19.4. The fourth-order valence-corrected chi connectivity index (χ4v) is 1.95. The molecule has 2 aromatic rings. The number of benzene rings is 2. The number of fused-ring (bicyclic) bond motifs is 1. The molecule has 0 radical (unpaired) electrons. The van der Waals surface area contributed by atoms with E-state index in [-0.39, 0.29) is 16.7 Å². The standard InChI is InChI=1S/C13H10O4/c1-7-10(12(14)15)6-8-4-2-3-5-9(8)11(7)13(16)17/h2-6H,1H3,(H,14,15)(H,16,17). The first-order valence-corrected chi connectivity index (χ1v) is 5.01. The lowest BCUT2D eigenvalue weighted by molar-refractivity contribution is 0.0696. The summed E-state index contributed by atoms with van der Waals surface area (Å²) in [6, 6.07) is 8.36. The van der Waals surface area contributed by atoms with E-state index in [1.807, 2.05) is 0 Å². The molecule has 0 atom stereocenters. The molecular weight excluding hydrogens is 220 g/mol. The lowest BCUT2D eigenvalue weighted by atomic mass is 9.95. The second-order valence-corrected chi connectivity index (χ2v) is 3.76. The fraction of sp³-hybridized carbons (Fsp3) is 0.0769. The summed E-state index contributed by atoms with van der Waals surface area (Å²) in [6.45, 7) is 1.51. The van der Waals surface area contributed by atoms with Crippen LogP contribution in [0.15, 0.2) is 30.3 Å². The van der Waals surface area contributed by atoms with Crippen molar-refractivity contribution in [2.75, 3.05) is 0 Å². The van der Waals surface area contributed by atoms with Crippen LogP contribution >= 0.6 is 0 Å². The molecule has 2 N–H and O–H groups in total. The van der Waals surface area contributed by atoms with Crippen LogP contribution in [0.2, 0.25) is 0 Å². The second-order valence-electron chi connectivity index (χ2n) is 3.76. The molecule has 0 spiro atoms. The van der Waals surface area contributed by atoms with Gasteiger partial charge in [-0.1, -0.05) is 24.3 Å². The van der Waals surface area contributed by atoms with E-state index in [4.69, 9.17) is 5.11 Å². The Hall–Kier alpha value is -2.36. The van der Waals surface area contributed by atoms with Crippen molar-refractivity contribution in [1.29, 1.82) is 0 Å². The van der Waals surface area contributed by atoms with E-state index in [0.29, 0.717) is 10.8 Å². The SMILES string of the molecule is Cc1c(C(=O)O)cc2ccccc2c1C(=O)O. The number of carbonyl (C=O) groups is 2. The van der Waals surface area contributed by atoms with Crippen molar-refractivity contribution < 1.29 is 19.8 Å². The quantitative estimate of drug-likeness (QED) is 0.831. The third-order valence-electron chi connectivity index (χ3n) is 2.75. The summed E-state index contributed by atoms with van der Waals surface area (Å²) >= 11 is 0. The molecule has 17 heavy (non-hydrogen) atoms. The van der Waals surface area contributed by atoms with Gasteiger partial charge < -0.3 is 10.2 Å². The molecule has 0 unspecified atom stereocenters. The van der Waals surface area contributed by atoms with E-state index in [2.05, 4.69) is 0 Å². The smallest absolute Gasteiger partial charge is 0.336 e. The van der Waals surface area contributed by atoms with Crippen LogP contribution in [0.4, 0.5) is 0 Å². The number of aromatic carboxylic acids is 2. The highest BCUT2D eigenvalue weighted by atomic mass is 16.4. The highest BCUT2D eigenvalue weighted by Gasteiger charge is 2.18. The van der Waals surface area contributed by atoms with Crippen LogP contribution in [-0.4, -0.2) is 22.2 Å². The van der Waals surface area contributed by atoms with Gasteiger partial charge in [0.05, 0.1) is 11.1 Å². The van der Waals surface area contributed by atoms with Gasteiger partial charge in [-0.15, -0.1) is 0 Å². The van der Waals surface area contributed by atoms with Crippen LogP contribution in [-0.2, 0) is 0 Å². The number of rotatable bonds is 2. The third kappa shape index (κ3) is 1.73. The van der Waals surface area contributed by atoms with E-state index < -0.39 is 11.9 Å². The third-order valence-corrected chi connectivity index (χ3v) is 2.75. The molecule has 0 fully saturated rings. The van der Waals surface area contributed by atoms with Crippen molar-refractivity contribution in [3.8, 4) is 0 Å². The van der Waals surface area contributed by atoms with Crippen LogP contribution in [0.5, 0.6) is 0 Å². The molecule has 0 bridgehead atoms. The minimum Gasteiger partial charge on any atom is -0.478 e. The van der Waals surface area contributed by atoms with Gasteiger partial charge in [0, 0.05) is 0 Å². The molecule has 0 saturated heterocycles. The average molecular weight is 230 g/mol. The molecule has 0 saturated carbocycles. The van der Waals surface area contributed by atoms with Crippen molar-refractivity contribution in [1.82, 2.24) is 0 Å². The van der Waals surface area contributed by atoms with Gasteiger partial charge in [0.25, 0.3) is 0 Å². The zero-order chi connectivity index (χ0) is 12.6. The summed E-state index contributed by atoms with van der Waals surface area (Å²) in [4.78, 5) is 22.3. The highest BCUT2D eigenvalue weighted by molar-refractivity contribution is 6.09. The van der Waals surface area contributed by atoms with Crippen LogP contribution in [0.1, 0.15) is 26.3 Å². The Bertz CT molecular complexity index is 629. The lowest BCUT2D eigenvalue weighted by Crippen LogP contribution is -2.08. The molecule has 2 rings (SSSR count). The van der Waals surface area contributed by atoms with Crippen molar-refractivity contribution in [3.05, 3.63) is 47.0 Å². The Morgan fingerprint density at radius 2 is 1.71 bits per heavy atom. The maximum absolute atomic E-state index is 11.2. The zero-order valence-corrected chi connectivity index (χ0v) is 9.10. The minimum atomic E-state index is -1.12. The molecule has 4 heteroatoms. The Morgan fingerprint density at radius 1 is 1.06 bits per heavy atom. The fourth-order valence-electron chi connectivity index (χ4n) is 1.95. The van der Waals surface area contributed by atoms with Crippen molar-refractivity contribution in [2.24, 2.45) is 0 Å². The number of hydrogen-bond donors (Lipinski definition) is 2. The van der Waals surface area contributed by atoms with E-state index in [0.717, 1.165) is 0 Å². The maximum atomic E-state index is 11.2. The van der Waals surface area contributed by atoms with Crippen LogP contribution in [0, 0.1) is 6.92 Å². The van der Waals surface area contributed by atoms with Gasteiger partial charge in [0.1, 0.15) is 0 Å². The topological polar surface area (TPSA) is 74.6 Å². The van der Waals surface area contributed by atoms with Crippen LogP contribution in [0.25, 0.3) is 10.8 Å². The number of hydrogen-bond acceptors (Lipinski definition) is 2. The summed E-state index contributed by atoms with van der Waals surface area (Å²) < 4.78 is 0. The molecule has 2 aromatic carbocycles. The Labute approximate surface area is 97.1 Å². The normalized spacial score (nSPS) is 10.4. The summed E-state index contributed by atoms with van der Waals surface area (Å²) in [6.07, 6.45) is 0. The van der Waals surface area contributed by atoms with Gasteiger partial charge in [-0.3, -0.25) is 0 Å². The van der Waals surface area contributed by atoms with E-state index >= 15 is 0 Å². The summed E-state index contributed by atoms with van der Waals surface area (Å²) in [5.41, 5.74) is 0.366. The van der Waals surface area contributed by atoms with Gasteiger partial charge in [-0.2, -0.15) is 0 Å². The number of carboxylic acid groups (broad SMARTS) is 2. The molecule has 4 nitrogen and oxygen atoms in total. The van der Waals surface area contributed by atoms with E-state index in [1.165, 1.54) is 13.0 Å². The van der Waals surface area contributed by atoms with Crippen molar-refractivity contribution >= 4 is 22.7 Å². The highest BCUT2D eigenvalue weighted by Crippen LogP contribution is 2.25. The molecular formula is C13H10O4. The van der Waals surface area contributed by atoms with Crippen molar-refractivity contribution in [2.45, 2.75) is 6.92 Å². The molecule has 86 valence electrons. The van der Waals surface area contributed by atoms with Crippen LogP contribution < -0.4 is 0 Å². The largest absolute Gasteiger partial charge is 0.478 e. The molecule has 0 aliphatic carbocycles. The van der Waals surface area contributed by atoms with Crippen molar-refractivity contribution in [3.63, 3.8) is 0 Å². The summed E-state index contributed by atoms with van der Waals surface area (Å²) in [7, 11) is 0. The van der Waals surface area contributed by atoms with Gasteiger partial charge in [-0.05, 0) is 29.3 Å². The molecule has 0 aromatic heterocycles. The maximum Gasteiger partial charge on any atom is 0.336 e. The lowest BCUT2D eigenvalue weighted by Gasteiger charge is -2.09. The predicted molar refractivity (Wildman–Crippen MR) is 62.6 cm³/mol. The first kappa shape index (κ1) is 11.1. The Balaban J connectivity index is 2.95. The van der Waals surface area contributed by atoms with Gasteiger partial charge >= 0.3 is 11.9 Å². The van der Waals surface area contributed by atoms with Gasteiger partial charge in [0.15, 0.2) is 0 Å². The minimum absolute atomic E-state index is 0.0288. The molecule has 0 amide bonds. The van der Waals surface area contributed by atoms with E-state index in [1.54, 1.807) is 24.3 Å². The Kier molecular flexibility index (Phi) is 2.55. The number of carboxylic acids is 2. The molecule has 0 heterocycles. The predicted octanol–water partition coefficient (Wildman–Crippen LogP) is 2.54. The average Bonchev–Trinajstić information content (AvgIpc) is 2.27. The first-order valence-electron chi connectivity index (χ1n) is 5.01. The Morgan fingerprint density at radius 3 is 2.29 bits per heavy atom. The van der Waals surface area contributed by atoms with Gasteiger partial charge in [-0.25, -0.2) is 9.59 Å². The molecule has 0 aliphatic heterocycles. The first-order chi connectivity index (χ1) is 8.02. The van der Waals surface area contributed by atoms with Gasteiger partial charge in [0.2, 0.25) is 0 Å². The zero-order valence-electron chi connectivity index (χ0n) is 9.10. The van der Waals surface area contributed by atoms with Crippen LogP contribution in [0.3, 0.4) is 0 Å². The monoisotopic (exact) mass is 230 g/mol. The van der Waals surface area contributed by atoms with E-state index in [9.17, 15) is 14.7 Å². The summed E-state index contributed by atoms with van der Waals surface area (Å²) in [5.74, 6) is -2.22. The molecule has 0 aliphatic rings. The second kappa shape index (κ2) is 3.90.